The number of fused-ring (bicyclic) bond motifs is 1. The fourth-order valence-corrected chi connectivity index (χ4v) is 10.2. The second-order valence-electron chi connectivity index (χ2n) is 17.7. The first kappa shape index (κ1) is 41.4. The van der Waals surface area contributed by atoms with Crippen molar-refractivity contribution in [2.24, 2.45) is 18.9 Å². The lowest BCUT2D eigenvalue weighted by molar-refractivity contribution is -0.138. The second-order valence-corrected chi connectivity index (χ2v) is 17.7. The van der Waals surface area contributed by atoms with E-state index in [0.29, 0.717) is 41.9 Å². The number of aromatic nitrogens is 5. The topological polar surface area (TPSA) is 156 Å². The zero-order chi connectivity index (χ0) is 42.9. The van der Waals surface area contributed by atoms with Crippen molar-refractivity contribution in [3.63, 3.8) is 0 Å². The Kier molecular flexibility index (Phi) is 11.9. The summed E-state index contributed by atoms with van der Waals surface area (Å²) in [5.74, 6) is 0.191. The number of imidazole rings is 1. The largest absolute Gasteiger partial charge is 0.351 e. The van der Waals surface area contributed by atoms with E-state index in [1.54, 1.807) is 54.2 Å². The van der Waals surface area contributed by atoms with Crippen LogP contribution >= 0.6 is 0 Å². The van der Waals surface area contributed by atoms with Gasteiger partial charge < -0.3 is 15.1 Å². The molecular formula is C47H54FN9O5. The number of piperidine rings is 3. The van der Waals surface area contributed by atoms with E-state index in [0.717, 1.165) is 95.1 Å². The minimum atomic E-state index is -0.687. The Morgan fingerprint density at radius 1 is 0.887 bits per heavy atom. The maximum absolute atomic E-state index is 15.1. The molecule has 0 spiro atoms. The number of pyridine rings is 1. The number of hydrogen-bond acceptors (Lipinski definition) is 9. The van der Waals surface area contributed by atoms with Gasteiger partial charge in [-0.3, -0.25) is 38.2 Å². The number of benzene rings is 2. The molecule has 5 aromatic rings. The smallest absolute Gasteiger partial charge is 0.329 e. The van der Waals surface area contributed by atoms with Crippen LogP contribution in [0.15, 0.2) is 82.6 Å². The van der Waals surface area contributed by atoms with Crippen molar-refractivity contribution in [1.29, 1.82) is 0 Å². The summed E-state index contributed by atoms with van der Waals surface area (Å²) in [5, 5.41) is 5.78. The SMILES string of the molecule is Cn1c(=O)n(C2CCC(=O)NC2=O)c2ccc(C3CCN(CCC4CCN(C(=O)[C@@H]5CCC[C@H](Nc6ncc(F)c(-c7cccc(-n8ccccc8=O)c7)n6)C5)CC4)CC3)cc21. The molecule has 3 saturated heterocycles. The lowest BCUT2D eigenvalue weighted by Crippen LogP contribution is -2.44. The van der Waals surface area contributed by atoms with Crippen molar-refractivity contribution in [3.05, 3.63) is 105 Å². The van der Waals surface area contributed by atoms with Crippen molar-refractivity contribution < 1.29 is 18.8 Å². The molecule has 14 nitrogen and oxygen atoms in total. The van der Waals surface area contributed by atoms with Crippen LogP contribution in [0.2, 0.25) is 0 Å². The summed E-state index contributed by atoms with van der Waals surface area (Å²) in [7, 11) is 1.74. The lowest BCUT2D eigenvalue weighted by atomic mass is 9.84. The Bertz CT molecular complexity index is 2600. The highest BCUT2D eigenvalue weighted by Crippen LogP contribution is 2.34. The fourth-order valence-electron chi connectivity index (χ4n) is 10.2. The van der Waals surface area contributed by atoms with E-state index < -0.39 is 17.8 Å². The highest BCUT2D eigenvalue weighted by Gasteiger charge is 2.34. The average molecular weight is 844 g/mol. The predicted octanol–water partition coefficient (Wildman–Crippen LogP) is 5.54. The summed E-state index contributed by atoms with van der Waals surface area (Å²) < 4.78 is 19.7. The van der Waals surface area contributed by atoms with Gasteiger partial charge in [-0.25, -0.2) is 19.2 Å². The maximum atomic E-state index is 15.1. The van der Waals surface area contributed by atoms with E-state index in [1.165, 1.54) is 27.0 Å². The van der Waals surface area contributed by atoms with Crippen molar-refractivity contribution in [2.45, 2.75) is 88.6 Å². The first-order valence-electron chi connectivity index (χ1n) is 22.2. The molecule has 62 heavy (non-hydrogen) atoms. The van der Waals surface area contributed by atoms with Crippen molar-refractivity contribution in [2.75, 3.05) is 38.0 Å². The van der Waals surface area contributed by atoms with Crippen LogP contribution in [-0.2, 0) is 21.4 Å². The minimum Gasteiger partial charge on any atom is -0.351 e. The van der Waals surface area contributed by atoms with Gasteiger partial charge in [0.25, 0.3) is 5.56 Å². The summed E-state index contributed by atoms with van der Waals surface area (Å²) in [4.78, 5) is 77.2. The number of carbonyl (C=O) groups is 3. The van der Waals surface area contributed by atoms with E-state index in [9.17, 15) is 24.0 Å². The quantitative estimate of drug-likeness (QED) is 0.172. The van der Waals surface area contributed by atoms with E-state index in [4.69, 9.17) is 0 Å². The van der Waals surface area contributed by atoms with Crippen LogP contribution in [0.4, 0.5) is 10.3 Å². The molecule has 0 bridgehead atoms. The third-order valence-electron chi connectivity index (χ3n) is 13.8. The van der Waals surface area contributed by atoms with E-state index >= 15 is 4.39 Å². The number of hydrogen-bond donors (Lipinski definition) is 2. The normalized spacial score (nSPS) is 21.9. The third-order valence-corrected chi connectivity index (χ3v) is 13.8. The summed E-state index contributed by atoms with van der Waals surface area (Å²) in [6.45, 7) is 4.65. The van der Waals surface area contributed by atoms with Crippen LogP contribution < -0.4 is 21.9 Å². The first-order chi connectivity index (χ1) is 30.1. The molecule has 1 saturated carbocycles. The average Bonchev–Trinajstić information content (AvgIpc) is 3.54. The molecule has 15 heteroatoms. The standard InChI is InChI=1S/C47H54FN9O5/c1-53-40-28-32(11-12-38(40)57(47(53)62)39-13-14-41(58)51-44(39)60)31-18-22-54(23-19-31)21-15-30-16-24-55(25-17-30)45(61)34-7-4-8-35(26-34)50-46-49-29-37(48)43(52-46)33-6-5-9-36(27-33)56-20-3-2-10-42(56)59/h2-3,5-6,9-12,20,27-31,34-35,39H,4,7-8,13-19,21-26H2,1H3,(H,49,50,52)(H,51,58,60)/t34-,35+,39?/m1/s1. The van der Waals surface area contributed by atoms with Crippen LogP contribution in [0.25, 0.3) is 28.0 Å². The number of amides is 3. The number of rotatable bonds is 10. The molecule has 0 radical (unpaired) electrons. The van der Waals surface area contributed by atoms with Gasteiger partial charge in [0.05, 0.1) is 17.2 Å². The highest BCUT2D eigenvalue weighted by atomic mass is 19.1. The Hall–Kier alpha value is -5.96. The molecule has 6 heterocycles. The zero-order valence-corrected chi connectivity index (χ0v) is 35.2. The van der Waals surface area contributed by atoms with Crippen LogP contribution in [0.1, 0.15) is 88.2 Å². The molecule has 2 N–H and O–H groups in total. The molecule has 1 unspecified atom stereocenters. The van der Waals surface area contributed by atoms with Gasteiger partial charge in [0.15, 0.2) is 5.82 Å². The summed E-state index contributed by atoms with van der Waals surface area (Å²) >= 11 is 0. The fraction of sp³-hybridized carbons (Fsp3) is 0.468. The number of aryl methyl sites for hydroxylation is 1. The van der Waals surface area contributed by atoms with Gasteiger partial charge in [-0.05, 0) is 125 Å². The molecule has 2 aromatic carbocycles. The monoisotopic (exact) mass is 843 g/mol. The molecule has 3 aromatic heterocycles. The maximum Gasteiger partial charge on any atom is 0.329 e. The molecule has 3 amide bonds. The van der Waals surface area contributed by atoms with Gasteiger partial charge in [-0.1, -0.05) is 30.7 Å². The number of halogens is 1. The van der Waals surface area contributed by atoms with Crippen LogP contribution in [-0.4, -0.2) is 90.0 Å². The van der Waals surface area contributed by atoms with Crippen LogP contribution in [0.3, 0.4) is 0 Å². The van der Waals surface area contributed by atoms with Gasteiger partial charge in [-0.2, -0.15) is 0 Å². The molecular weight excluding hydrogens is 790 g/mol. The van der Waals surface area contributed by atoms with Gasteiger partial charge in [-0.15, -0.1) is 0 Å². The molecule has 1 aliphatic carbocycles. The first-order valence-corrected chi connectivity index (χ1v) is 22.2. The van der Waals surface area contributed by atoms with E-state index in [2.05, 4.69) is 42.5 Å². The summed E-state index contributed by atoms with van der Waals surface area (Å²) in [6.07, 6.45) is 11.9. The number of nitrogens with one attached hydrogen (secondary N) is 2. The lowest BCUT2D eigenvalue weighted by Gasteiger charge is -2.38. The Morgan fingerprint density at radius 2 is 1.71 bits per heavy atom. The minimum absolute atomic E-state index is 0.00416. The molecule has 3 atom stereocenters. The van der Waals surface area contributed by atoms with E-state index in [-0.39, 0.29) is 47.1 Å². The van der Waals surface area contributed by atoms with Gasteiger partial charge in [0.1, 0.15) is 11.7 Å². The van der Waals surface area contributed by atoms with Crippen molar-refractivity contribution in [3.8, 4) is 16.9 Å². The Balaban J connectivity index is 0.734. The van der Waals surface area contributed by atoms with Gasteiger partial charge in [0, 0.05) is 62.0 Å². The number of nitrogens with zero attached hydrogens (tertiary/aromatic N) is 7. The third kappa shape index (κ3) is 8.59. The number of anilines is 1. The zero-order valence-electron chi connectivity index (χ0n) is 35.2. The molecule has 3 aliphatic heterocycles. The number of carbonyl (C=O) groups excluding carboxylic acids is 3. The molecule has 9 rings (SSSR count). The number of imide groups is 1. The highest BCUT2D eigenvalue weighted by molar-refractivity contribution is 6.00. The molecule has 324 valence electrons. The summed E-state index contributed by atoms with van der Waals surface area (Å²) in [6, 6.07) is 17.5. The molecule has 4 fully saturated rings. The van der Waals surface area contributed by atoms with Gasteiger partial charge >= 0.3 is 5.69 Å². The number of likely N-dealkylation sites (tertiary alicyclic amines) is 2. The second kappa shape index (κ2) is 17.8. The van der Waals surface area contributed by atoms with E-state index in [1.807, 2.05) is 6.07 Å². The Morgan fingerprint density at radius 3 is 2.50 bits per heavy atom. The Labute approximate surface area is 359 Å². The van der Waals surface area contributed by atoms with Gasteiger partial charge in [0.2, 0.25) is 23.7 Å². The van der Waals surface area contributed by atoms with Crippen molar-refractivity contribution in [1.82, 2.24) is 38.8 Å². The predicted molar refractivity (Wildman–Crippen MR) is 233 cm³/mol. The van der Waals surface area contributed by atoms with Crippen LogP contribution in [0, 0.1) is 17.7 Å². The van der Waals surface area contributed by atoms with Crippen molar-refractivity contribution >= 4 is 34.7 Å². The molecule has 4 aliphatic rings. The summed E-state index contributed by atoms with van der Waals surface area (Å²) in [5.41, 5.74) is 3.61. The van der Waals surface area contributed by atoms with Crippen LogP contribution in [0.5, 0.6) is 0 Å².